The van der Waals surface area contributed by atoms with Crippen LogP contribution in [0.15, 0.2) is 0 Å². The molecule has 0 aliphatic heterocycles. The molecule has 0 fully saturated rings. The zero-order valence-corrected chi connectivity index (χ0v) is 9.85. The second kappa shape index (κ2) is 9.83. The second-order valence-electron chi connectivity index (χ2n) is 3.08. The normalized spacial score (nSPS) is 9.93. The largest absolute Gasteiger partial charge is 0.481 e. The smallest absolute Gasteiger partial charge is 0.306 e. The minimum Gasteiger partial charge on any atom is -0.481 e. The van der Waals surface area contributed by atoms with Crippen LogP contribution in [0, 0.1) is 0 Å². The Labute approximate surface area is 94.4 Å². The van der Waals surface area contributed by atoms with Crippen LogP contribution in [0.1, 0.15) is 32.6 Å². The van der Waals surface area contributed by atoms with Gasteiger partial charge in [-0.1, -0.05) is 13.3 Å². The summed E-state index contributed by atoms with van der Waals surface area (Å²) in [4.78, 5) is 21.2. The van der Waals surface area contributed by atoms with Crippen molar-refractivity contribution in [1.29, 1.82) is 0 Å². The number of thioether (sulfide) groups is 1. The molecule has 0 aromatic rings. The lowest BCUT2D eigenvalue weighted by molar-refractivity contribution is -0.143. The van der Waals surface area contributed by atoms with Gasteiger partial charge in [-0.25, -0.2) is 0 Å². The monoisotopic (exact) mass is 234 g/mol. The van der Waals surface area contributed by atoms with E-state index in [0.717, 1.165) is 12.8 Å². The van der Waals surface area contributed by atoms with E-state index < -0.39 is 5.97 Å². The van der Waals surface area contributed by atoms with E-state index >= 15 is 0 Å². The first kappa shape index (κ1) is 14.3. The van der Waals surface area contributed by atoms with Crippen LogP contribution in [0.4, 0.5) is 0 Å². The predicted octanol–water partition coefficient (Wildman–Crippen LogP) is 1.93. The lowest BCUT2D eigenvalue weighted by Crippen LogP contribution is -2.07. The molecular formula is C10H18O4S. The Hall–Kier alpha value is -0.710. The number of rotatable bonds is 9. The quantitative estimate of drug-likeness (QED) is 0.488. The summed E-state index contributed by atoms with van der Waals surface area (Å²) in [5.41, 5.74) is 0. The maximum absolute atomic E-state index is 11.1. The molecule has 15 heavy (non-hydrogen) atoms. The van der Waals surface area contributed by atoms with Crippen LogP contribution in [0.2, 0.25) is 0 Å². The SMILES string of the molecule is CCCCOC(=O)CCSCCC(=O)O. The van der Waals surface area contributed by atoms with Gasteiger partial charge < -0.3 is 9.84 Å². The molecule has 1 N–H and O–H groups in total. The van der Waals surface area contributed by atoms with Crippen LogP contribution in [0.5, 0.6) is 0 Å². The fourth-order valence-corrected chi connectivity index (χ4v) is 1.65. The highest BCUT2D eigenvalue weighted by molar-refractivity contribution is 7.99. The van der Waals surface area contributed by atoms with Gasteiger partial charge in [0.1, 0.15) is 0 Å². The second-order valence-corrected chi connectivity index (χ2v) is 4.30. The lowest BCUT2D eigenvalue weighted by Gasteiger charge is -2.03. The zero-order chi connectivity index (χ0) is 11.5. The third-order valence-corrected chi connectivity index (χ3v) is 2.66. The van der Waals surface area contributed by atoms with Crippen molar-refractivity contribution in [3.05, 3.63) is 0 Å². The van der Waals surface area contributed by atoms with E-state index in [-0.39, 0.29) is 12.4 Å². The highest BCUT2D eigenvalue weighted by atomic mass is 32.2. The Morgan fingerprint density at radius 3 is 2.53 bits per heavy atom. The topological polar surface area (TPSA) is 63.6 Å². The Morgan fingerprint density at radius 1 is 1.27 bits per heavy atom. The molecule has 0 aromatic carbocycles. The standard InChI is InChI=1S/C10H18O4S/c1-2-3-6-14-10(13)5-8-15-7-4-9(11)12/h2-8H2,1H3,(H,11,12). The summed E-state index contributed by atoms with van der Waals surface area (Å²) in [6, 6.07) is 0. The average Bonchev–Trinajstić information content (AvgIpc) is 2.17. The third kappa shape index (κ3) is 11.2. The van der Waals surface area contributed by atoms with Gasteiger partial charge in [0.05, 0.1) is 19.4 Å². The van der Waals surface area contributed by atoms with Crippen LogP contribution in [-0.4, -0.2) is 35.2 Å². The van der Waals surface area contributed by atoms with Gasteiger partial charge in [-0.15, -0.1) is 0 Å². The first-order valence-corrected chi connectivity index (χ1v) is 6.27. The number of hydrogen-bond donors (Lipinski definition) is 1. The summed E-state index contributed by atoms with van der Waals surface area (Å²) in [6.07, 6.45) is 2.43. The van der Waals surface area contributed by atoms with E-state index in [1.807, 2.05) is 6.92 Å². The van der Waals surface area contributed by atoms with Gasteiger partial charge in [0.2, 0.25) is 0 Å². The Bertz CT molecular complexity index is 194. The minimum absolute atomic E-state index is 0.148. The van der Waals surface area contributed by atoms with Gasteiger partial charge in [-0.3, -0.25) is 9.59 Å². The van der Waals surface area contributed by atoms with Gasteiger partial charge in [-0.2, -0.15) is 11.8 Å². The summed E-state index contributed by atoms with van der Waals surface area (Å²) in [7, 11) is 0. The molecule has 5 heteroatoms. The van der Waals surface area contributed by atoms with Crippen molar-refractivity contribution >= 4 is 23.7 Å². The van der Waals surface area contributed by atoms with Crippen molar-refractivity contribution in [3.63, 3.8) is 0 Å². The first-order valence-electron chi connectivity index (χ1n) is 5.12. The Morgan fingerprint density at radius 2 is 1.93 bits per heavy atom. The molecule has 0 radical (unpaired) electrons. The van der Waals surface area contributed by atoms with E-state index in [1.54, 1.807) is 0 Å². The average molecular weight is 234 g/mol. The first-order chi connectivity index (χ1) is 7.16. The summed E-state index contributed by atoms with van der Waals surface area (Å²) < 4.78 is 4.94. The minimum atomic E-state index is -0.798. The number of aliphatic carboxylic acids is 1. The van der Waals surface area contributed by atoms with E-state index in [9.17, 15) is 9.59 Å². The molecule has 0 aromatic heterocycles. The Kier molecular flexibility index (Phi) is 9.36. The summed E-state index contributed by atoms with van der Waals surface area (Å²) in [5.74, 6) is 0.204. The maximum atomic E-state index is 11.1. The number of carbonyl (C=O) groups excluding carboxylic acids is 1. The van der Waals surface area contributed by atoms with Crippen LogP contribution in [0.3, 0.4) is 0 Å². The molecule has 0 saturated carbocycles. The summed E-state index contributed by atoms with van der Waals surface area (Å²) >= 11 is 1.47. The van der Waals surface area contributed by atoms with Crippen molar-refractivity contribution in [1.82, 2.24) is 0 Å². The van der Waals surface area contributed by atoms with Crippen molar-refractivity contribution in [2.45, 2.75) is 32.6 Å². The lowest BCUT2D eigenvalue weighted by atomic mass is 10.4. The number of esters is 1. The molecule has 0 rings (SSSR count). The molecule has 0 aliphatic rings. The molecule has 0 saturated heterocycles. The van der Waals surface area contributed by atoms with Crippen LogP contribution < -0.4 is 0 Å². The molecule has 88 valence electrons. The number of carboxylic acids is 1. The van der Waals surface area contributed by atoms with Crippen LogP contribution in [-0.2, 0) is 14.3 Å². The highest BCUT2D eigenvalue weighted by Crippen LogP contribution is 2.05. The third-order valence-electron chi connectivity index (χ3n) is 1.67. The highest BCUT2D eigenvalue weighted by Gasteiger charge is 2.03. The van der Waals surface area contributed by atoms with Crippen molar-refractivity contribution < 1.29 is 19.4 Å². The van der Waals surface area contributed by atoms with Crippen molar-refractivity contribution in [3.8, 4) is 0 Å². The number of unbranched alkanes of at least 4 members (excludes halogenated alkanes) is 1. The predicted molar refractivity (Wildman–Crippen MR) is 60.1 cm³/mol. The van der Waals surface area contributed by atoms with E-state index in [2.05, 4.69) is 0 Å². The maximum Gasteiger partial charge on any atom is 0.306 e. The van der Waals surface area contributed by atoms with Gasteiger partial charge >= 0.3 is 11.9 Å². The molecule has 0 heterocycles. The van der Waals surface area contributed by atoms with Crippen LogP contribution >= 0.6 is 11.8 Å². The van der Waals surface area contributed by atoms with Gasteiger partial charge in [-0.05, 0) is 6.42 Å². The number of ether oxygens (including phenoxy) is 1. The van der Waals surface area contributed by atoms with E-state index in [4.69, 9.17) is 9.84 Å². The fourth-order valence-electron chi connectivity index (χ4n) is 0.820. The van der Waals surface area contributed by atoms with E-state index in [1.165, 1.54) is 11.8 Å². The number of carboxylic acid groups (broad SMARTS) is 1. The molecular weight excluding hydrogens is 216 g/mol. The molecule has 0 bridgehead atoms. The Balaban J connectivity index is 3.20. The number of carbonyl (C=O) groups is 2. The van der Waals surface area contributed by atoms with Gasteiger partial charge in [0, 0.05) is 11.5 Å². The van der Waals surface area contributed by atoms with Crippen molar-refractivity contribution in [2.75, 3.05) is 18.1 Å². The molecule has 0 aliphatic carbocycles. The van der Waals surface area contributed by atoms with E-state index in [0.29, 0.717) is 24.5 Å². The zero-order valence-electron chi connectivity index (χ0n) is 9.03. The summed E-state index contributed by atoms with van der Waals surface area (Å²) in [5, 5.41) is 8.36. The molecule has 0 atom stereocenters. The van der Waals surface area contributed by atoms with Crippen molar-refractivity contribution in [2.24, 2.45) is 0 Å². The van der Waals surface area contributed by atoms with Crippen LogP contribution in [0.25, 0.3) is 0 Å². The van der Waals surface area contributed by atoms with Gasteiger partial charge in [0.25, 0.3) is 0 Å². The fraction of sp³-hybridized carbons (Fsp3) is 0.800. The number of hydrogen-bond acceptors (Lipinski definition) is 4. The molecule has 0 spiro atoms. The molecule has 0 unspecified atom stereocenters. The van der Waals surface area contributed by atoms with Gasteiger partial charge in [0.15, 0.2) is 0 Å². The molecule has 0 amide bonds. The molecule has 4 nitrogen and oxygen atoms in total. The summed E-state index contributed by atoms with van der Waals surface area (Å²) in [6.45, 7) is 2.53.